The molecule has 8 N–H and O–H groups in total. The number of benzene rings is 2. The summed E-state index contributed by atoms with van der Waals surface area (Å²) in [5.74, 6) is 0.947. The van der Waals surface area contributed by atoms with E-state index in [0.717, 1.165) is 30.9 Å². The van der Waals surface area contributed by atoms with E-state index in [1.807, 2.05) is 27.7 Å². The highest BCUT2D eigenvalue weighted by molar-refractivity contribution is 7.89. The van der Waals surface area contributed by atoms with Gasteiger partial charge in [-0.2, -0.15) is 0 Å². The number of aromatic nitrogens is 6. The van der Waals surface area contributed by atoms with Gasteiger partial charge in [-0.05, 0) is 101 Å². The minimum absolute atomic E-state index is 0.164. The van der Waals surface area contributed by atoms with Crippen molar-refractivity contribution >= 4 is 54.4 Å². The Morgan fingerprint density at radius 2 is 1.00 bits per heavy atom. The molecular weight excluding hydrogens is 845 g/mol. The standard InChI is InChI=1S/2C20H23N5O3S2/c2*1-11-3-4-15(30(27,28)24-8-13-5-14(26)6-13)7-16(11)17-9-23-20(21)19(25-17)18-10-22-12(2)29-18/h2*3-4,7,9-10,13-14,24,26H,5-6,8H2,1-2H3,(H2,21,23). The van der Waals surface area contributed by atoms with Gasteiger partial charge in [-0.15, -0.1) is 22.7 Å². The zero-order valence-electron chi connectivity index (χ0n) is 33.3. The second-order valence-electron chi connectivity index (χ2n) is 15.1. The molecule has 0 spiro atoms. The maximum absolute atomic E-state index is 12.8. The van der Waals surface area contributed by atoms with E-state index < -0.39 is 20.0 Å². The Bertz CT molecular complexity index is 2560. The topological polar surface area (TPSA) is 262 Å². The van der Waals surface area contributed by atoms with Gasteiger partial charge in [-0.3, -0.25) is 0 Å². The Labute approximate surface area is 356 Å². The van der Waals surface area contributed by atoms with Crippen LogP contribution in [0.4, 0.5) is 11.6 Å². The van der Waals surface area contributed by atoms with E-state index >= 15 is 0 Å². The number of sulfonamides is 2. The monoisotopic (exact) mass is 890 g/mol. The lowest BCUT2D eigenvalue weighted by Gasteiger charge is -2.31. The highest BCUT2D eigenvalue weighted by Gasteiger charge is 2.30. The summed E-state index contributed by atoms with van der Waals surface area (Å²) in [4.78, 5) is 28.3. The van der Waals surface area contributed by atoms with E-state index in [4.69, 9.17) is 11.5 Å². The molecule has 6 aromatic rings. The van der Waals surface area contributed by atoms with Crippen LogP contribution in [0.25, 0.3) is 43.7 Å². The molecule has 4 aromatic heterocycles. The summed E-state index contributed by atoms with van der Waals surface area (Å²) >= 11 is 2.94. The summed E-state index contributed by atoms with van der Waals surface area (Å²) in [5.41, 5.74) is 17.3. The number of rotatable bonds is 12. The van der Waals surface area contributed by atoms with Crippen molar-refractivity contribution in [1.82, 2.24) is 39.3 Å². The zero-order valence-corrected chi connectivity index (χ0v) is 36.6. The van der Waals surface area contributed by atoms with Crippen molar-refractivity contribution in [3.8, 4) is 43.7 Å². The molecule has 0 amide bonds. The van der Waals surface area contributed by atoms with Crippen LogP contribution in [0.1, 0.15) is 46.8 Å². The lowest BCUT2D eigenvalue weighted by atomic mass is 9.83. The normalized spacial score (nSPS) is 18.9. The molecule has 0 unspecified atom stereocenters. The summed E-state index contributed by atoms with van der Waals surface area (Å²) in [7, 11) is -7.35. The molecule has 16 nitrogen and oxygen atoms in total. The summed E-state index contributed by atoms with van der Waals surface area (Å²) in [6.45, 7) is 8.22. The number of nitrogens with zero attached hydrogens (tertiary/aromatic N) is 6. The molecule has 4 heterocycles. The number of nitrogen functional groups attached to an aromatic ring is 2. The first kappa shape index (κ1) is 43.3. The van der Waals surface area contributed by atoms with Gasteiger partial charge in [0.15, 0.2) is 11.6 Å². The summed E-state index contributed by atoms with van der Waals surface area (Å²) in [6.07, 6.45) is 8.40. The fourth-order valence-corrected chi connectivity index (χ4v) is 10.6. The molecule has 2 aliphatic carbocycles. The number of aliphatic hydroxyl groups is 2. The SMILES string of the molecule is Cc1ncc(-c2nc(-c3cc(S(=O)(=O)NCC4CC(O)C4)ccc3C)cnc2N)s1.Cc1ncc(-c2nc(-c3cc(S(=O)(=O)NCC4CC(O)C4)ccc3C)cnc2N)s1. The van der Waals surface area contributed by atoms with E-state index in [9.17, 15) is 27.0 Å². The van der Waals surface area contributed by atoms with Crippen molar-refractivity contribution in [2.24, 2.45) is 11.8 Å². The second-order valence-corrected chi connectivity index (χ2v) is 21.1. The molecule has 0 bridgehead atoms. The maximum Gasteiger partial charge on any atom is 0.240 e. The van der Waals surface area contributed by atoms with E-state index in [-0.39, 0.29) is 33.8 Å². The number of hydrogen-bond acceptors (Lipinski definition) is 16. The highest BCUT2D eigenvalue weighted by Crippen LogP contribution is 2.34. The average molecular weight is 891 g/mol. The molecule has 0 atom stereocenters. The van der Waals surface area contributed by atoms with Gasteiger partial charge in [0.2, 0.25) is 20.0 Å². The largest absolute Gasteiger partial charge is 0.393 e. The zero-order chi connectivity index (χ0) is 42.9. The van der Waals surface area contributed by atoms with Crippen molar-refractivity contribution in [2.45, 2.75) is 75.4 Å². The van der Waals surface area contributed by atoms with Crippen LogP contribution in [0.15, 0.2) is 71.0 Å². The second kappa shape index (κ2) is 17.7. The molecule has 2 aromatic carbocycles. The van der Waals surface area contributed by atoms with Crippen LogP contribution in [0.2, 0.25) is 0 Å². The Morgan fingerprint density at radius 3 is 1.33 bits per heavy atom. The van der Waals surface area contributed by atoms with Gasteiger partial charge in [0.25, 0.3) is 0 Å². The lowest BCUT2D eigenvalue weighted by molar-refractivity contribution is 0.0450. The van der Waals surface area contributed by atoms with E-state index in [1.54, 1.807) is 61.2 Å². The fourth-order valence-electron chi connectivity index (χ4n) is 6.81. The van der Waals surface area contributed by atoms with Crippen LogP contribution in [-0.2, 0) is 20.0 Å². The number of nitrogens with one attached hydrogen (secondary N) is 2. The molecule has 2 saturated carbocycles. The van der Waals surface area contributed by atoms with Crippen LogP contribution in [-0.4, -0.2) is 82.2 Å². The molecule has 0 radical (unpaired) electrons. The van der Waals surface area contributed by atoms with Gasteiger partial charge in [0.1, 0.15) is 11.4 Å². The quantitative estimate of drug-likeness (QED) is 0.0942. The molecule has 0 aliphatic heterocycles. The number of nitrogens with two attached hydrogens (primary N) is 2. The number of aryl methyl sites for hydroxylation is 4. The van der Waals surface area contributed by atoms with Crippen LogP contribution in [0.3, 0.4) is 0 Å². The first-order chi connectivity index (χ1) is 28.5. The predicted octanol–water partition coefficient (Wildman–Crippen LogP) is 5.03. The Kier molecular flexibility index (Phi) is 12.7. The van der Waals surface area contributed by atoms with Gasteiger partial charge in [0, 0.05) is 36.6 Å². The Balaban J connectivity index is 0.000000181. The minimum Gasteiger partial charge on any atom is -0.393 e. The van der Waals surface area contributed by atoms with Crippen LogP contribution in [0, 0.1) is 39.5 Å². The summed E-state index contributed by atoms with van der Waals surface area (Å²) in [5, 5.41) is 20.6. The number of aliphatic hydroxyl groups excluding tert-OH is 2. The van der Waals surface area contributed by atoms with E-state index in [1.165, 1.54) is 22.7 Å². The number of hydrogen-bond donors (Lipinski definition) is 6. The van der Waals surface area contributed by atoms with Crippen molar-refractivity contribution < 1.29 is 27.0 Å². The molecule has 60 heavy (non-hydrogen) atoms. The van der Waals surface area contributed by atoms with Gasteiger partial charge in [-0.25, -0.2) is 56.2 Å². The maximum atomic E-state index is 12.8. The van der Waals surface area contributed by atoms with Crippen LogP contribution >= 0.6 is 22.7 Å². The number of thiazole rings is 2. The molecule has 8 rings (SSSR count). The van der Waals surface area contributed by atoms with Crippen molar-refractivity contribution in [3.05, 3.63) is 82.3 Å². The summed E-state index contributed by atoms with van der Waals surface area (Å²) < 4.78 is 56.3. The van der Waals surface area contributed by atoms with Gasteiger partial charge in [-0.1, -0.05) is 12.1 Å². The van der Waals surface area contributed by atoms with E-state index in [0.29, 0.717) is 84.3 Å². The average Bonchev–Trinajstić information content (AvgIpc) is 3.83. The van der Waals surface area contributed by atoms with Crippen molar-refractivity contribution in [1.29, 1.82) is 0 Å². The Morgan fingerprint density at radius 1 is 0.617 bits per heavy atom. The first-order valence-corrected chi connectivity index (χ1v) is 23.7. The van der Waals surface area contributed by atoms with Crippen LogP contribution < -0.4 is 20.9 Å². The predicted molar refractivity (Wildman–Crippen MR) is 233 cm³/mol. The first-order valence-electron chi connectivity index (χ1n) is 19.1. The van der Waals surface area contributed by atoms with E-state index in [2.05, 4.69) is 39.3 Å². The molecule has 0 saturated heterocycles. The highest BCUT2D eigenvalue weighted by atomic mass is 32.2. The van der Waals surface area contributed by atoms with Crippen molar-refractivity contribution in [2.75, 3.05) is 24.6 Å². The molecule has 20 heteroatoms. The third-order valence-electron chi connectivity index (χ3n) is 10.4. The lowest BCUT2D eigenvalue weighted by Crippen LogP contribution is -2.38. The third kappa shape index (κ3) is 9.87. The fraction of sp³-hybridized carbons (Fsp3) is 0.350. The number of anilines is 2. The van der Waals surface area contributed by atoms with Crippen molar-refractivity contribution in [3.63, 3.8) is 0 Å². The smallest absolute Gasteiger partial charge is 0.240 e. The minimum atomic E-state index is -3.68. The molecule has 2 fully saturated rings. The molecule has 316 valence electrons. The Hall–Kier alpha value is -4.80. The molecule has 2 aliphatic rings. The van der Waals surface area contributed by atoms with Gasteiger partial charge in [0.05, 0.1) is 65.5 Å². The van der Waals surface area contributed by atoms with Gasteiger partial charge < -0.3 is 21.7 Å². The van der Waals surface area contributed by atoms with Crippen LogP contribution in [0.5, 0.6) is 0 Å². The third-order valence-corrected chi connectivity index (χ3v) is 15.1. The molecular formula is C40H46N10O6S4. The summed E-state index contributed by atoms with van der Waals surface area (Å²) in [6, 6.07) is 9.88. The van der Waals surface area contributed by atoms with Gasteiger partial charge >= 0.3 is 0 Å².